The first-order valence-electron chi connectivity index (χ1n) is 5.92. The van der Waals surface area contributed by atoms with Crippen LogP contribution < -0.4 is 0 Å². The van der Waals surface area contributed by atoms with Gasteiger partial charge < -0.3 is 4.57 Å². The van der Waals surface area contributed by atoms with Gasteiger partial charge in [0.25, 0.3) is 0 Å². The van der Waals surface area contributed by atoms with Crippen molar-refractivity contribution in [1.82, 2.24) is 4.57 Å². The minimum absolute atomic E-state index is 0.175. The van der Waals surface area contributed by atoms with E-state index in [1.54, 1.807) is 0 Å². The number of carbonyl (C=O) groups is 1. The summed E-state index contributed by atoms with van der Waals surface area (Å²) in [6, 6.07) is 2.64. The Morgan fingerprint density at radius 2 is 2.19 bits per heavy atom. The second-order valence-electron chi connectivity index (χ2n) is 4.60. The van der Waals surface area contributed by atoms with Crippen LogP contribution in [0.2, 0.25) is 0 Å². The van der Waals surface area contributed by atoms with E-state index in [-0.39, 0.29) is 5.78 Å². The fraction of sp³-hybridized carbons (Fsp3) is 0.615. The number of carbonyl (C=O) groups excluding carboxylic acids is 1. The molecule has 1 aliphatic carbocycles. The monoisotopic (exact) mass is 239 g/mol. The van der Waals surface area contributed by atoms with Gasteiger partial charge in [-0.25, -0.2) is 0 Å². The summed E-state index contributed by atoms with van der Waals surface area (Å²) in [5, 5.41) is 0. The molecule has 1 saturated carbocycles. The van der Waals surface area contributed by atoms with Gasteiger partial charge in [-0.2, -0.15) is 0 Å². The minimum Gasteiger partial charge on any atom is -0.345 e. The van der Waals surface area contributed by atoms with Crippen molar-refractivity contribution in [2.45, 2.75) is 45.6 Å². The molecule has 1 aromatic rings. The predicted molar refractivity (Wildman–Crippen MR) is 66.5 cm³/mol. The van der Waals surface area contributed by atoms with Crippen LogP contribution >= 0.6 is 11.6 Å². The molecule has 0 saturated heterocycles. The number of aromatic nitrogens is 1. The Morgan fingerprint density at radius 3 is 2.69 bits per heavy atom. The summed E-state index contributed by atoms with van der Waals surface area (Å²) in [5.41, 5.74) is 3.20. The van der Waals surface area contributed by atoms with Crippen LogP contribution in [0, 0.1) is 13.8 Å². The zero-order valence-electron chi connectivity index (χ0n) is 9.92. The minimum atomic E-state index is 0.175. The Morgan fingerprint density at radius 1 is 1.50 bits per heavy atom. The first-order chi connectivity index (χ1) is 7.65. The number of Topliss-reactive ketones (excluding diaryl/α,β-unsaturated/α-hetero) is 1. The smallest absolute Gasteiger partial charge is 0.165 e. The quantitative estimate of drug-likeness (QED) is 0.581. The molecule has 3 heteroatoms. The third kappa shape index (κ3) is 1.91. The van der Waals surface area contributed by atoms with E-state index in [0.717, 1.165) is 11.3 Å². The second kappa shape index (κ2) is 4.62. The molecule has 0 bridgehead atoms. The van der Waals surface area contributed by atoms with E-state index in [1.165, 1.54) is 25.0 Å². The first kappa shape index (κ1) is 11.7. The highest BCUT2D eigenvalue weighted by molar-refractivity contribution is 6.19. The second-order valence-corrected chi connectivity index (χ2v) is 4.98. The van der Waals surface area contributed by atoms with Crippen LogP contribution in [0.15, 0.2) is 6.07 Å². The maximum absolute atomic E-state index is 11.9. The molecule has 0 aliphatic heterocycles. The Kier molecular flexibility index (Phi) is 3.38. The summed E-state index contributed by atoms with van der Waals surface area (Å²) < 4.78 is 2.32. The van der Waals surface area contributed by atoms with E-state index in [4.69, 9.17) is 11.6 Å². The molecule has 0 N–H and O–H groups in total. The maximum atomic E-state index is 11.9. The zero-order valence-corrected chi connectivity index (χ0v) is 10.7. The molecule has 1 aromatic heterocycles. The highest BCUT2D eigenvalue weighted by Gasteiger charge is 2.24. The largest absolute Gasteiger partial charge is 0.345 e. The molecule has 1 aliphatic rings. The maximum Gasteiger partial charge on any atom is 0.165 e. The Bertz CT molecular complexity index is 404. The molecular weight excluding hydrogens is 222 g/mol. The van der Waals surface area contributed by atoms with E-state index in [0.29, 0.717) is 18.3 Å². The molecule has 0 radical (unpaired) electrons. The van der Waals surface area contributed by atoms with E-state index in [2.05, 4.69) is 11.5 Å². The molecule has 0 spiro atoms. The molecule has 0 amide bonds. The van der Waals surface area contributed by atoms with Crippen LogP contribution in [0.5, 0.6) is 0 Å². The van der Waals surface area contributed by atoms with Gasteiger partial charge in [0.05, 0.1) is 0 Å². The molecule has 0 aromatic carbocycles. The van der Waals surface area contributed by atoms with Crippen LogP contribution in [-0.2, 0) is 0 Å². The lowest BCUT2D eigenvalue weighted by molar-refractivity contribution is 0.0988. The fourth-order valence-electron chi connectivity index (χ4n) is 2.49. The van der Waals surface area contributed by atoms with Gasteiger partial charge in [0.1, 0.15) is 0 Å². The molecule has 2 rings (SSSR count). The molecule has 16 heavy (non-hydrogen) atoms. The number of hydrogen-bond donors (Lipinski definition) is 0. The Hall–Kier alpha value is -0.760. The van der Waals surface area contributed by atoms with E-state index >= 15 is 0 Å². The van der Waals surface area contributed by atoms with Crippen LogP contribution in [0.3, 0.4) is 0 Å². The number of halogens is 1. The topological polar surface area (TPSA) is 22.0 Å². The zero-order chi connectivity index (χ0) is 11.7. The van der Waals surface area contributed by atoms with Gasteiger partial charge in [0.2, 0.25) is 0 Å². The molecule has 0 unspecified atom stereocenters. The van der Waals surface area contributed by atoms with Crippen LogP contribution in [0.4, 0.5) is 0 Å². The Balaban J connectivity index is 2.30. The van der Waals surface area contributed by atoms with Crippen LogP contribution in [0.1, 0.15) is 53.5 Å². The summed E-state index contributed by atoms with van der Waals surface area (Å²) in [6.45, 7) is 4.13. The van der Waals surface area contributed by atoms with Crippen LogP contribution in [-0.4, -0.2) is 16.2 Å². The standard InChI is InChI=1S/C13H18ClNO/c1-9-8-12(13(16)6-7-14)10(2)15(9)11-4-3-5-11/h8,11H,3-7H2,1-2H3. The lowest BCUT2D eigenvalue weighted by Gasteiger charge is -2.30. The van der Waals surface area contributed by atoms with Crippen molar-refractivity contribution in [2.75, 3.05) is 5.88 Å². The number of alkyl halides is 1. The van der Waals surface area contributed by atoms with E-state index < -0.39 is 0 Å². The van der Waals surface area contributed by atoms with Crippen molar-refractivity contribution >= 4 is 17.4 Å². The SMILES string of the molecule is Cc1cc(C(=O)CCCl)c(C)n1C1CCC1. The number of ketones is 1. The van der Waals surface area contributed by atoms with Gasteiger partial charge in [-0.1, -0.05) is 0 Å². The summed E-state index contributed by atoms with van der Waals surface area (Å²) in [4.78, 5) is 11.9. The van der Waals surface area contributed by atoms with Crippen molar-refractivity contribution in [3.63, 3.8) is 0 Å². The normalized spacial score (nSPS) is 16.2. The molecule has 0 atom stereocenters. The number of rotatable bonds is 4. The molecule has 1 fully saturated rings. The summed E-state index contributed by atoms with van der Waals surface area (Å²) in [6.07, 6.45) is 4.25. The van der Waals surface area contributed by atoms with E-state index in [1.807, 2.05) is 13.0 Å². The van der Waals surface area contributed by atoms with Gasteiger partial charge in [-0.05, 0) is 39.2 Å². The van der Waals surface area contributed by atoms with Gasteiger partial charge in [-0.3, -0.25) is 4.79 Å². The van der Waals surface area contributed by atoms with Crippen molar-refractivity contribution in [1.29, 1.82) is 0 Å². The number of hydrogen-bond acceptors (Lipinski definition) is 1. The number of aryl methyl sites for hydroxylation is 1. The van der Waals surface area contributed by atoms with Gasteiger partial charge in [0.15, 0.2) is 5.78 Å². The van der Waals surface area contributed by atoms with Crippen molar-refractivity contribution in [2.24, 2.45) is 0 Å². The average Bonchev–Trinajstić information content (AvgIpc) is 2.44. The average molecular weight is 240 g/mol. The lowest BCUT2D eigenvalue weighted by atomic mass is 9.92. The van der Waals surface area contributed by atoms with Crippen molar-refractivity contribution < 1.29 is 4.79 Å². The summed E-state index contributed by atoms with van der Waals surface area (Å²) in [7, 11) is 0. The van der Waals surface area contributed by atoms with Crippen molar-refractivity contribution in [3.8, 4) is 0 Å². The Labute approximate surface area is 102 Å². The third-order valence-corrected chi connectivity index (χ3v) is 3.74. The fourth-order valence-corrected chi connectivity index (χ4v) is 2.66. The molecular formula is C13H18ClNO. The van der Waals surface area contributed by atoms with Gasteiger partial charge in [0, 0.05) is 35.3 Å². The van der Waals surface area contributed by atoms with E-state index in [9.17, 15) is 4.79 Å². The summed E-state index contributed by atoms with van der Waals surface area (Å²) in [5.74, 6) is 0.583. The van der Waals surface area contributed by atoms with Gasteiger partial charge in [-0.15, -0.1) is 11.6 Å². The highest BCUT2D eigenvalue weighted by atomic mass is 35.5. The molecule has 88 valence electrons. The predicted octanol–water partition coefficient (Wildman–Crippen LogP) is 3.64. The lowest BCUT2D eigenvalue weighted by Crippen LogP contribution is -2.19. The van der Waals surface area contributed by atoms with Crippen molar-refractivity contribution in [3.05, 3.63) is 23.0 Å². The molecule has 1 heterocycles. The molecule has 2 nitrogen and oxygen atoms in total. The number of nitrogens with zero attached hydrogens (tertiary/aromatic N) is 1. The highest BCUT2D eigenvalue weighted by Crippen LogP contribution is 2.35. The summed E-state index contributed by atoms with van der Waals surface area (Å²) >= 11 is 5.62. The third-order valence-electron chi connectivity index (χ3n) is 3.55. The first-order valence-corrected chi connectivity index (χ1v) is 6.46. The van der Waals surface area contributed by atoms with Gasteiger partial charge >= 0.3 is 0 Å². The van der Waals surface area contributed by atoms with Crippen LogP contribution in [0.25, 0.3) is 0 Å².